The van der Waals surface area contributed by atoms with Crippen molar-refractivity contribution in [3.05, 3.63) is 52.2 Å². The lowest BCUT2D eigenvalue weighted by Crippen LogP contribution is -2.24. The highest BCUT2D eigenvalue weighted by Crippen LogP contribution is 2.16. The molecule has 18 heavy (non-hydrogen) atoms. The van der Waals surface area contributed by atoms with E-state index < -0.39 is 10.0 Å². The lowest BCUT2D eigenvalue weighted by Gasteiger charge is -2.09. The average Bonchev–Trinajstić information content (AvgIpc) is 2.89. The summed E-state index contributed by atoms with van der Waals surface area (Å²) in [6.07, 6.45) is 0. The summed E-state index contributed by atoms with van der Waals surface area (Å²) < 4.78 is 26.9. The molecule has 0 radical (unpaired) electrons. The molecule has 0 spiro atoms. The maximum Gasteiger partial charge on any atom is 0.241 e. The second kappa shape index (κ2) is 5.62. The van der Waals surface area contributed by atoms with Crippen LogP contribution >= 0.6 is 11.3 Å². The van der Waals surface area contributed by atoms with Gasteiger partial charge in [-0.15, -0.1) is 11.3 Å². The van der Waals surface area contributed by atoms with Crippen molar-refractivity contribution in [2.45, 2.75) is 18.0 Å². The summed E-state index contributed by atoms with van der Waals surface area (Å²) >= 11 is 1.52. The second-order valence-corrected chi connectivity index (χ2v) is 6.48. The number of sulfonamides is 1. The van der Waals surface area contributed by atoms with Crippen LogP contribution in [0, 0.1) is 0 Å². The number of benzene rings is 1. The molecule has 0 aliphatic rings. The Hall–Kier alpha value is -1.21. The molecule has 3 N–H and O–H groups in total. The van der Waals surface area contributed by atoms with Gasteiger partial charge in [-0.1, -0.05) is 24.3 Å². The van der Waals surface area contributed by atoms with Gasteiger partial charge in [-0.25, -0.2) is 13.1 Å². The van der Waals surface area contributed by atoms with Gasteiger partial charge in [-0.3, -0.25) is 0 Å². The second-order valence-electron chi connectivity index (χ2n) is 3.72. The molecule has 0 fully saturated rings. The zero-order valence-corrected chi connectivity index (χ0v) is 11.3. The van der Waals surface area contributed by atoms with Crippen molar-refractivity contribution in [1.82, 2.24) is 4.72 Å². The molecule has 0 amide bonds. The molecule has 0 aliphatic carbocycles. The van der Waals surface area contributed by atoms with Crippen LogP contribution in [0.5, 0.6) is 0 Å². The zero-order valence-electron chi connectivity index (χ0n) is 9.67. The highest BCUT2D eigenvalue weighted by Gasteiger charge is 2.16. The number of nitrogens with one attached hydrogen (secondary N) is 1. The molecule has 1 aromatic carbocycles. The molecule has 2 rings (SSSR count). The summed E-state index contributed by atoms with van der Waals surface area (Å²) in [4.78, 5) is 1.23. The van der Waals surface area contributed by atoms with Crippen molar-refractivity contribution in [1.29, 1.82) is 0 Å². The monoisotopic (exact) mass is 282 g/mol. The Morgan fingerprint density at radius 3 is 2.61 bits per heavy atom. The van der Waals surface area contributed by atoms with Crippen molar-refractivity contribution in [3.63, 3.8) is 0 Å². The molecule has 0 aliphatic heterocycles. The average molecular weight is 282 g/mol. The molecule has 1 aromatic heterocycles. The predicted octanol–water partition coefficient (Wildman–Crippen LogP) is 1.69. The minimum Gasteiger partial charge on any atom is -0.326 e. The Morgan fingerprint density at radius 1 is 1.17 bits per heavy atom. The van der Waals surface area contributed by atoms with Gasteiger partial charge in [0.1, 0.15) is 0 Å². The van der Waals surface area contributed by atoms with E-state index in [0.717, 1.165) is 4.88 Å². The van der Waals surface area contributed by atoms with Gasteiger partial charge in [-0.05, 0) is 23.1 Å². The third-order valence-corrected chi connectivity index (χ3v) is 4.88. The van der Waals surface area contributed by atoms with E-state index in [9.17, 15) is 8.42 Å². The van der Waals surface area contributed by atoms with E-state index in [-0.39, 0.29) is 11.4 Å². The van der Waals surface area contributed by atoms with Crippen LogP contribution in [0.15, 0.2) is 46.7 Å². The molecule has 0 saturated carbocycles. The molecule has 1 heterocycles. The number of rotatable bonds is 5. The number of nitrogens with two attached hydrogens (primary N) is 1. The smallest absolute Gasteiger partial charge is 0.241 e. The van der Waals surface area contributed by atoms with Gasteiger partial charge in [-0.2, -0.15) is 0 Å². The third-order valence-electron chi connectivity index (χ3n) is 2.50. The minimum absolute atomic E-state index is 0.204. The molecular weight excluding hydrogens is 268 g/mol. The van der Waals surface area contributed by atoms with Gasteiger partial charge < -0.3 is 5.73 Å². The first-order valence-electron chi connectivity index (χ1n) is 5.43. The molecule has 0 atom stereocenters. The molecule has 4 nitrogen and oxygen atoms in total. The summed E-state index contributed by atoms with van der Waals surface area (Å²) in [5.74, 6) is 0. The van der Waals surface area contributed by atoms with Gasteiger partial charge in [0.2, 0.25) is 10.0 Å². The molecule has 0 unspecified atom stereocenters. The fourth-order valence-electron chi connectivity index (χ4n) is 1.59. The quantitative estimate of drug-likeness (QED) is 0.876. The van der Waals surface area contributed by atoms with Gasteiger partial charge in [0.15, 0.2) is 0 Å². The van der Waals surface area contributed by atoms with Crippen LogP contribution in [0.2, 0.25) is 0 Å². The highest BCUT2D eigenvalue weighted by atomic mass is 32.2. The fourth-order valence-corrected chi connectivity index (χ4v) is 3.58. The third kappa shape index (κ3) is 2.97. The van der Waals surface area contributed by atoms with Gasteiger partial charge in [0, 0.05) is 18.0 Å². The molecule has 2 aromatic rings. The van der Waals surface area contributed by atoms with Gasteiger partial charge >= 0.3 is 0 Å². The van der Waals surface area contributed by atoms with Crippen molar-refractivity contribution in [2.24, 2.45) is 5.73 Å². The van der Waals surface area contributed by atoms with E-state index in [1.54, 1.807) is 24.3 Å². The summed E-state index contributed by atoms with van der Waals surface area (Å²) in [6, 6.07) is 10.5. The Labute approximate surface area is 111 Å². The van der Waals surface area contributed by atoms with Crippen molar-refractivity contribution < 1.29 is 8.42 Å². The largest absolute Gasteiger partial charge is 0.326 e. The summed E-state index contributed by atoms with van der Waals surface area (Å²) in [5.41, 5.74) is 6.17. The summed E-state index contributed by atoms with van der Waals surface area (Å²) in [6.45, 7) is 0.509. The van der Waals surface area contributed by atoms with E-state index in [1.807, 2.05) is 17.5 Å². The summed E-state index contributed by atoms with van der Waals surface area (Å²) in [7, 11) is -3.50. The van der Waals surface area contributed by atoms with Crippen molar-refractivity contribution in [3.8, 4) is 0 Å². The van der Waals surface area contributed by atoms with E-state index >= 15 is 0 Å². The molecule has 6 heteroatoms. The van der Waals surface area contributed by atoms with Crippen LogP contribution in [0.1, 0.15) is 10.4 Å². The number of thiophene rings is 1. The van der Waals surface area contributed by atoms with Crippen molar-refractivity contribution >= 4 is 21.4 Å². The van der Waals surface area contributed by atoms with Gasteiger partial charge in [0.05, 0.1) is 4.90 Å². The molecular formula is C12H14N2O2S2. The molecule has 0 bridgehead atoms. The summed E-state index contributed by atoms with van der Waals surface area (Å²) in [5, 5.41) is 1.91. The van der Waals surface area contributed by atoms with Crippen LogP contribution in [-0.2, 0) is 23.1 Å². The van der Waals surface area contributed by atoms with Gasteiger partial charge in [0.25, 0.3) is 0 Å². The number of hydrogen-bond acceptors (Lipinski definition) is 4. The lowest BCUT2D eigenvalue weighted by molar-refractivity contribution is 0.580. The highest BCUT2D eigenvalue weighted by molar-refractivity contribution is 7.89. The van der Waals surface area contributed by atoms with Crippen LogP contribution in [0.4, 0.5) is 0 Å². The number of hydrogen-bond donors (Lipinski definition) is 2. The van der Waals surface area contributed by atoms with Crippen LogP contribution in [0.25, 0.3) is 0 Å². The minimum atomic E-state index is -3.50. The first-order valence-corrected chi connectivity index (χ1v) is 7.80. The zero-order chi connectivity index (χ0) is 13.0. The normalized spacial score (nSPS) is 11.6. The Bertz CT molecular complexity index is 607. The maximum atomic E-state index is 12.1. The first-order chi connectivity index (χ1) is 8.63. The molecule has 96 valence electrons. The Kier molecular flexibility index (Phi) is 4.13. The predicted molar refractivity (Wildman–Crippen MR) is 72.7 cm³/mol. The fraction of sp³-hybridized carbons (Fsp3) is 0.167. The van der Waals surface area contributed by atoms with E-state index in [4.69, 9.17) is 5.73 Å². The van der Waals surface area contributed by atoms with Crippen LogP contribution in [-0.4, -0.2) is 8.42 Å². The maximum absolute atomic E-state index is 12.1. The lowest BCUT2D eigenvalue weighted by atomic mass is 10.2. The van der Waals surface area contributed by atoms with Crippen LogP contribution in [0.3, 0.4) is 0 Å². The van der Waals surface area contributed by atoms with Crippen LogP contribution < -0.4 is 10.5 Å². The Morgan fingerprint density at radius 2 is 1.94 bits per heavy atom. The van der Waals surface area contributed by atoms with E-state index in [1.165, 1.54) is 11.3 Å². The Balaban J connectivity index is 2.20. The van der Waals surface area contributed by atoms with Crippen molar-refractivity contribution in [2.75, 3.05) is 0 Å². The SMILES string of the molecule is NCc1ccccc1S(=O)(=O)NCc1cccs1. The first kappa shape index (κ1) is 13.2. The van der Waals surface area contributed by atoms with E-state index in [2.05, 4.69) is 4.72 Å². The van der Waals surface area contributed by atoms with E-state index in [0.29, 0.717) is 12.1 Å². The standard InChI is InChI=1S/C12H14N2O2S2/c13-8-10-4-1-2-6-12(10)18(15,16)14-9-11-5-3-7-17-11/h1-7,14H,8-9,13H2. The molecule has 0 saturated heterocycles. The topological polar surface area (TPSA) is 72.2 Å².